The summed E-state index contributed by atoms with van der Waals surface area (Å²) in [5, 5.41) is 2.73. The van der Waals surface area contributed by atoms with E-state index in [2.05, 4.69) is 5.32 Å². The molecule has 34 heavy (non-hydrogen) atoms. The summed E-state index contributed by atoms with van der Waals surface area (Å²) >= 11 is 1.04. The van der Waals surface area contributed by atoms with Crippen LogP contribution < -0.4 is 14.8 Å². The number of anilines is 1. The molecule has 3 amide bonds. The molecule has 0 radical (unpaired) electrons. The van der Waals surface area contributed by atoms with E-state index in [0.29, 0.717) is 34.3 Å². The van der Waals surface area contributed by atoms with Gasteiger partial charge in [-0.1, -0.05) is 12.1 Å². The van der Waals surface area contributed by atoms with Crippen LogP contribution in [0.5, 0.6) is 11.5 Å². The Labute approximate surface area is 204 Å². The number of thioether (sulfide) groups is 1. The number of ether oxygens (including phenoxy) is 2. The van der Waals surface area contributed by atoms with E-state index in [1.54, 1.807) is 50.5 Å². The van der Waals surface area contributed by atoms with Gasteiger partial charge in [0.15, 0.2) is 18.1 Å². The summed E-state index contributed by atoms with van der Waals surface area (Å²) in [6, 6.07) is 12.0. The first-order valence-corrected chi connectivity index (χ1v) is 12.2. The summed E-state index contributed by atoms with van der Waals surface area (Å²) in [6.45, 7) is 3.67. The molecule has 1 saturated heterocycles. The number of carbonyl (C=O) groups is 3. The zero-order valence-corrected chi connectivity index (χ0v) is 20.7. The molecule has 0 aliphatic carbocycles. The second-order valence-corrected chi connectivity index (χ2v) is 9.03. The Morgan fingerprint density at radius 1 is 1.00 bits per heavy atom. The van der Waals surface area contributed by atoms with Crippen molar-refractivity contribution in [1.82, 2.24) is 9.80 Å². The standard InChI is InChI=1S/C25H31N3O5S/c1-4-32-21-16-18(12-13-20(21)33-17-23(29)28-14-8-5-9-15-28)24(30)26-19-10-6-7-11-22(19)34-25(31)27(2)3/h6-7,10-13,16H,4-5,8-9,14-15,17H2,1-3H3,(H,26,30). The van der Waals surface area contributed by atoms with Crippen LogP contribution in [0.2, 0.25) is 0 Å². The third kappa shape index (κ3) is 6.90. The highest BCUT2D eigenvalue weighted by atomic mass is 32.2. The fraction of sp³-hybridized carbons (Fsp3) is 0.400. The topological polar surface area (TPSA) is 88.2 Å². The minimum absolute atomic E-state index is 0.0506. The molecule has 3 rings (SSSR count). The lowest BCUT2D eigenvalue weighted by Crippen LogP contribution is -2.38. The Morgan fingerprint density at radius 2 is 1.74 bits per heavy atom. The summed E-state index contributed by atoms with van der Waals surface area (Å²) in [5.41, 5.74) is 0.912. The van der Waals surface area contributed by atoms with Gasteiger partial charge in [-0.05, 0) is 68.3 Å². The predicted molar refractivity (Wildman–Crippen MR) is 133 cm³/mol. The number of likely N-dealkylation sites (tertiary alicyclic amines) is 1. The maximum absolute atomic E-state index is 13.0. The first-order chi connectivity index (χ1) is 16.4. The monoisotopic (exact) mass is 485 g/mol. The molecule has 0 aromatic heterocycles. The molecule has 1 aliphatic heterocycles. The van der Waals surface area contributed by atoms with Gasteiger partial charge in [0.05, 0.1) is 12.3 Å². The Kier molecular flexibility index (Phi) is 9.21. The number of amides is 3. The second-order valence-electron chi connectivity index (χ2n) is 8.04. The van der Waals surface area contributed by atoms with Gasteiger partial charge in [-0.15, -0.1) is 0 Å². The summed E-state index contributed by atoms with van der Waals surface area (Å²) in [6.07, 6.45) is 3.19. The molecule has 2 aromatic rings. The number of piperidine rings is 1. The van der Waals surface area contributed by atoms with Gasteiger partial charge in [0.25, 0.3) is 17.1 Å². The molecule has 2 aromatic carbocycles. The molecule has 9 heteroatoms. The number of hydrogen-bond acceptors (Lipinski definition) is 6. The summed E-state index contributed by atoms with van der Waals surface area (Å²) < 4.78 is 11.4. The Morgan fingerprint density at radius 3 is 2.44 bits per heavy atom. The maximum Gasteiger partial charge on any atom is 0.286 e. The van der Waals surface area contributed by atoms with Crippen LogP contribution in [0.3, 0.4) is 0 Å². The highest BCUT2D eigenvalue weighted by Gasteiger charge is 2.19. The van der Waals surface area contributed by atoms with Crippen molar-refractivity contribution < 1.29 is 23.9 Å². The largest absolute Gasteiger partial charge is 0.490 e. The normalized spacial score (nSPS) is 13.2. The number of hydrogen-bond donors (Lipinski definition) is 1. The van der Waals surface area contributed by atoms with E-state index in [4.69, 9.17) is 9.47 Å². The summed E-state index contributed by atoms with van der Waals surface area (Å²) in [4.78, 5) is 41.4. The molecule has 182 valence electrons. The van der Waals surface area contributed by atoms with E-state index in [0.717, 1.165) is 44.1 Å². The van der Waals surface area contributed by atoms with Crippen molar-refractivity contribution in [2.45, 2.75) is 31.1 Å². The molecule has 0 atom stereocenters. The number of nitrogens with zero attached hydrogens (tertiary/aromatic N) is 2. The molecule has 0 unspecified atom stereocenters. The predicted octanol–water partition coefficient (Wildman–Crippen LogP) is 4.50. The fourth-order valence-electron chi connectivity index (χ4n) is 3.45. The highest BCUT2D eigenvalue weighted by Crippen LogP contribution is 2.31. The second kappa shape index (κ2) is 12.3. The minimum Gasteiger partial charge on any atom is -0.490 e. The zero-order valence-electron chi connectivity index (χ0n) is 19.8. The molecule has 1 heterocycles. The van der Waals surface area contributed by atoms with Gasteiger partial charge in [-0.25, -0.2) is 0 Å². The van der Waals surface area contributed by atoms with E-state index in [1.165, 1.54) is 4.90 Å². The first-order valence-electron chi connectivity index (χ1n) is 11.4. The van der Waals surface area contributed by atoms with Gasteiger partial charge in [-0.3, -0.25) is 14.4 Å². The number of nitrogens with one attached hydrogen (secondary N) is 1. The van der Waals surface area contributed by atoms with E-state index in [-0.39, 0.29) is 23.7 Å². The number of rotatable bonds is 8. The van der Waals surface area contributed by atoms with Crippen LogP contribution in [0.4, 0.5) is 10.5 Å². The maximum atomic E-state index is 13.0. The molecule has 1 fully saturated rings. The zero-order chi connectivity index (χ0) is 24.5. The Hall–Kier alpha value is -3.20. The molecule has 0 bridgehead atoms. The third-order valence-electron chi connectivity index (χ3n) is 5.26. The number of para-hydroxylation sites is 1. The van der Waals surface area contributed by atoms with E-state index >= 15 is 0 Å². The summed E-state index contributed by atoms with van der Waals surface area (Å²) in [7, 11) is 3.35. The van der Waals surface area contributed by atoms with E-state index < -0.39 is 0 Å². The van der Waals surface area contributed by atoms with E-state index in [1.807, 2.05) is 17.9 Å². The quantitative estimate of drug-likeness (QED) is 0.554. The van der Waals surface area contributed by atoms with Gasteiger partial charge in [0, 0.05) is 37.6 Å². The highest BCUT2D eigenvalue weighted by molar-refractivity contribution is 8.13. The van der Waals surface area contributed by atoms with E-state index in [9.17, 15) is 14.4 Å². The van der Waals surface area contributed by atoms with Crippen LogP contribution in [-0.2, 0) is 4.79 Å². The van der Waals surface area contributed by atoms with Gasteiger partial charge in [0.2, 0.25) is 0 Å². The van der Waals surface area contributed by atoms with Gasteiger partial charge in [-0.2, -0.15) is 0 Å². The van der Waals surface area contributed by atoms with Gasteiger partial charge in [0.1, 0.15) is 0 Å². The van der Waals surface area contributed by atoms with Crippen LogP contribution >= 0.6 is 11.8 Å². The average Bonchev–Trinajstić information content (AvgIpc) is 2.84. The van der Waals surface area contributed by atoms with Crippen molar-refractivity contribution in [3.05, 3.63) is 48.0 Å². The third-order valence-corrected chi connectivity index (χ3v) is 6.38. The SMILES string of the molecule is CCOc1cc(C(=O)Nc2ccccc2SC(=O)N(C)C)ccc1OCC(=O)N1CCCCC1. The van der Waals surface area contributed by atoms with Crippen molar-refractivity contribution in [3.63, 3.8) is 0 Å². The van der Waals surface area contributed by atoms with Gasteiger partial charge < -0.3 is 24.6 Å². The fourth-order valence-corrected chi connectivity index (χ4v) is 4.20. The molecule has 0 spiro atoms. The summed E-state index contributed by atoms with van der Waals surface area (Å²) in [5.74, 6) is 0.413. The average molecular weight is 486 g/mol. The van der Waals surface area contributed by atoms with Crippen LogP contribution in [0.15, 0.2) is 47.4 Å². The molecule has 1 aliphatic rings. The van der Waals surface area contributed by atoms with Crippen molar-refractivity contribution in [3.8, 4) is 11.5 Å². The molecular weight excluding hydrogens is 454 g/mol. The lowest BCUT2D eigenvalue weighted by molar-refractivity contribution is -0.134. The molecule has 8 nitrogen and oxygen atoms in total. The lowest BCUT2D eigenvalue weighted by atomic mass is 10.1. The van der Waals surface area contributed by atoms with Crippen molar-refractivity contribution in [2.75, 3.05) is 45.7 Å². The smallest absolute Gasteiger partial charge is 0.286 e. The number of benzene rings is 2. The van der Waals surface area contributed by atoms with Gasteiger partial charge >= 0.3 is 0 Å². The van der Waals surface area contributed by atoms with Crippen molar-refractivity contribution in [1.29, 1.82) is 0 Å². The van der Waals surface area contributed by atoms with Crippen molar-refractivity contribution >= 4 is 34.5 Å². The van der Waals surface area contributed by atoms with Crippen molar-refractivity contribution in [2.24, 2.45) is 0 Å². The van der Waals surface area contributed by atoms with Crippen LogP contribution in [0, 0.1) is 0 Å². The first kappa shape index (κ1) is 25.4. The van der Waals surface area contributed by atoms with Crippen LogP contribution in [0.25, 0.3) is 0 Å². The molecule has 0 saturated carbocycles. The lowest BCUT2D eigenvalue weighted by Gasteiger charge is -2.26. The molecule has 1 N–H and O–H groups in total. The molecular formula is C25H31N3O5S. The number of carbonyl (C=O) groups excluding carboxylic acids is 3. The van der Waals surface area contributed by atoms with Crippen LogP contribution in [-0.4, -0.2) is 67.3 Å². The Bertz CT molecular complexity index is 1020. The minimum atomic E-state index is -0.345. The van der Waals surface area contributed by atoms with Crippen LogP contribution in [0.1, 0.15) is 36.5 Å². The Balaban J connectivity index is 1.70.